The zero-order chi connectivity index (χ0) is 25.6. The van der Waals surface area contributed by atoms with Crippen LogP contribution in [0.1, 0.15) is 29.5 Å². The van der Waals surface area contributed by atoms with Crippen molar-refractivity contribution in [1.82, 2.24) is 14.8 Å². The molecule has 0 spiro atoms. The molecule has 5 rings (SSSR count). The van der Waals surface area contributed by atoms with Crippen molar-refractivity contribution in [2.24, 2.45) is 0 Å². The zero-order valence-electron chi connectivity index (χ0n) is 21.3. The van der Waals surface area contributed by atoms with Gasteiger partial charge in [0, 0.05) is 87.6 Å². The molecule has 4 N–H and O–H groups in total. The Kier molecular flexibility index (Phi) is 8.04. The SMILES string of the molecule is N=C(Cc1cccc(CN2CCN(C3CCOCC3)CC2)c1)C(=N)c1cc(-c2cccnc2)ccc1N. The Morgan fingerprint density at radius 2 is 1.70 bits per heavy atom. The summed E-state index contributed by atoms with van der Waals surface area (Å²) in [7, 11) is 0. The summed E-state index contributed by atoms with van der Waals surface area (Å²) in [6.45, 7) is 7.10. The topological polar surface area (TPSA) is 102 Å². The van der Waals surface area contributed by atoms with Crippen LogP contribution in [-0.2, 0) is 17.7 Å². The minimum atomic E-state index is 0.165. The van der Waals surface area contributed by atoms with Gasteiger partial charge in [-0.2, -0.15) is 0 Å². The van der Waals surface area contributed by atoms with Gasteiger partial charge in [-0.05, 0) is 47.7 Å². The first-order chi connectivity index (χ1) is 18.1. The molecule has 0 atom stereocenters. The molecule has 3 aromatic rings. The molecule has 0 aliphatic carbocycles. The number of aromatic nitrogens is 1. The highest BCUT2D eigenvalue weighted by Gasteiger charge is 2.25. The maximum atomic E-state index is 8.71. The first-order valence-electron chi connectivity index (χ1n) is 13.2. The highest BCUT2D eigenvalue weighted by Crippen LogP contribution is 2.24. The second kappa shape index (κ2) is 11.8. The van der Waals surface area contributed by atoms with Crippen molar-refractivity contribution in [3.05, 3.63) is 83.7 Å². The van der Waals surface area contributed by atoms with Gasteiger partial charge < -0.3 is 15.9 Å². The Morgan fingerprint density at radius 1 is 0.919 bits per heavy atom. The van der Waals surface area contributed by atoms with E-state index in [0.29, 0.717) is 23.7 Å². The molecule has 0 radical (unpaired) electrons. The Morgan fingerprint density at radius 3 is 2.46 bits per heavy atom. The van der Waals surface area contributed by atoms with Crippen LogP contribution in [0.5, 0.6) is 0 Å². The lowest BCUT2D eigenvalue weighted by Crippen LogP contribution is -2.51. The molecule has 0 saturated carbocycles. The van der Waals surface area contributed by atoms with Gasteiger partial charge in [0.1, 0.15) is 0 Å². The van der Waals surface area contributed by atoms with Gasteiger partial charge in [-0.1, -0.05) is 36.4 Å². The number of anilines is 1. The fraction of sp³-hybridized carbons (Fsp3) is 0.367. The maximum Gasteiger partial charge on any atom is 0.0844 e. The van der Waals surface area contributed by atoms with Crippen LogP contribution in [0.2, 0.25) is 0 Å². The molecule has 0 amide bonds. The molecule has 2 saturated heterocycles. The lowest BCUT2D eigenvalue weighted by Gasteiger charge is -2.40. The molecule has 37 heavy (non-hydrogen) atoms. The number of nitrogens with zero attached hydrogens (tertiary/aromatic N) is 3. The number of nitrogen functional groups attached to an aromatic ring is 1. The quantitative estimate of drug-likeness (QED) is 0.320. The number of hydrogen-bond donors (Lipinski definition) is 3. The Labute approximate surface area is 219 Å². The molecule has 0 bridgehead atoms. The van der Waals surface area contributed by atoms with Crippen molar-refractivity contribution < 1.29 is 4.74 Å². The summed E-state index contributed by atoms with van der Waals surface area (Å²) in [5.74, 6) is 0. The van der Waals surface area contributed by atoms with Gasteiger partial charge in [0.25, 0.3) is 0 Å². The van der Waals surface area contributed by atoms with Crippen molar-refractivity contribution in [1.29, 1.82) is 10.8 Å². The number of nitrogens with one attached hydrogen (secondary N) is 2. The fourth-order valence-corrected chi connectivity index (χ4v) is 5.37. The normalized spacial score (nSPS) is 17.5. The molecule has 2 aliphatic heterocycles. The fourth-order valence-electron chi connectivity index (χ4n) is 5.37. The van der Waals surface area contributed by atoms with Gasteiger partial charge in [-0.25, -0.2) is 0 Å². The standard InChI is InChI=1S/C30H36N6O/c31-28-7-6-24(25-5-2-10-34-20-25)19-27(28)30(33)29(32)18-22-3-1-4-23(17-22)21-35-11-13-36(14-12-35)26-8-15-37-16-9-26/h1-7,10,17,19-20,26,32-33H,8-9,11-16,18,21,31H2. The molecule has 0 unspecified atom stereocenters. The van der Waals surface area contributed by atoms with Crippen molar-refractivity contribution >= 4 is 17.1 Å². The number of piperazine rings is 1. The second-order valence-electron chi connectivity index (χ2n) is 10.0. The van der Waals surface area contributed by atoms with Gasteiger partial charge in [-0.15, -0.1) is 0 Å². The van der Waals surface area contributed by atoms with Crippen molar-refractivity contribution in [3.63, 3.8) is 0 Å². The Hall–Kier alpha value is -3.39. The van der Waals surface area contributed by atoms with E-state index < -0.39 is 0 Å². The van der Waals surface area contributed by atoms with E-state index >= 15 is 0 Å². The summed E-state index contributed by atoms with van der Waals surface area (Å²) in [5.41, 5.74) is 12.0. The lowest BCUT2D eigenvalue weighted by molar-refractivity contribution is 0.0126. The highest BCUT2D eigenvalue weighted by atomic mass is 16.5. The van der Waals surface area contributed by atoms with E-state index in [4.69, 9.17) is 21.3 Å². The number of pyridine rings is 1. The van der Waals surface area contributed by atoms with Crippen LogP contribution < -0.4 is 5.73 Å². The van der Waals surface area contributed by atoms with Crippen LogP contribution in [0.3, 0.4) is 0 Å². The predicted molar refractivity (Wildman–Crippen MR) is 149 cm³/mol. The average Bonchev–Trinajstić information content (AvgIpc) is 2.94. The lowest BCUT2D eigenvalue weighted by atomic mass is 9.95. The maximum absolute atomic E-state index is 8.71. The van der Waals surface area contributed by atoms with Gasteiger partial charge >= 0.3 is 0 Å². The van der Waals surface area contributed by atoms with Crippen LogP contribution in [0.25, 0.3) is 11.1 Å². The summed E-state index contributed by atoms with van der Waals surface area (Å²) in [6.07, 6.45) is 6.24. The molecule has 2 aromatic carbocycles. The molecule has 3 heterocycles. The summed E-state index contributed by atoms with van der Waals surface area (Å²) >= 11 is 0. The van der Waals surface area contributed by atoms with Crippen molar-refractivity contribution in [2.45, 2.75) is 31.8 Å². The molecular formula is C30H36N6O. The van der Waals surface area contributed by atoms with Crippen LogP contribution in [-0.4, -0.2) is 71.6 Å². The van der Waals surface area contributed by atoms with Crippen molar-refractivity contribution in [2.75, 3.05) is 45.1 Å². The van der Waals surface area contributed by atoms with Crippen LogP contribution in [0.15, 0.2) is 67.0 Å². The third kappa shape index (κ3) is 6.31. The van der Waals surface area contributed by atoms with E-state index in [1.807, 2.05) is 36.4 Å². The van der Waals surface area contributed by atoms with Gasteiger partial charge in [0.15, 0.2) is 0 Å². The second-order valence-corrected chi connectivity index (χ2v) is 10.0. The van der Waals surface area contributed by atoms with E-state index in [0.717, 1.165) is 75.5 Å². The molecule has 2 fully saturated rings. The van der Waals surface area contributed by atoms with Crippen LogP contribution in [0, 0.1) is 10.8 Å². The molecule has 2 aliphatic rings. The first kappa shape index (κ1) is 25.3. The highest BCUT2D eigenvalue weighted by molar-refractivity contribution is 6.47. The number of rotatable bonds is 8. The largest absolute Gasteiger partial charge is 0.398 e. The average molecular weight is 497 g/mol. The minimum Gasteiger partial charge on any atom is -0.398 e. The predicted octanol–water partition coefficient (Wildman–Crippen LogP) is 4.26. The molecular weight excluding hydrogens is 460 g/mol. The summed E-state index contributed by atoms with van der Waals surface area (Å²) < 4.78 is 5.52. The van der Waals surface area contributed by atoms with E-state index in [-0.39, 0.29) is 11.4 Å². The monoisotopic (exact) mass is 496 g/mol. The van der Waals surface area contributed by atoms with Crippen LogP contribution >= 0.6 is 0 Å². The molecule has 1 aromatic heterocycles. The third-order valence-electron chi connectivity index (χ3n) is 7.51. The Bertz CT molecular complexity index is 1230. The van der Waals surface area contributed by atoms with E-state index in [2.05, 4.69) is 33.0 Å². The smallest absolute Gasteiger partial charge is 0.0844 e. The number of ether oxygens (including phenoxy) is 1. The molecule has 7 heteroatoms. The molecule has 7 nitrogen and oxygen atoms in total. The summed E-state index contributed by atoms with van der Waals surface area (Å²) in [4.78, 5) is 9.34. The van der Waals surface area contributed by atoms with Gasteiger partial charge in [-0.3, -0.25) is 20.2 Å². The number of benzene rings is 2. The molecule has 192 valence electrons. The van der Waals surface area contributed by atoms with Gasteiger partial charge in [0.2, 0.25) is 0 Å². The number of nitrogens with two attached hydrogens (primary N) is 1. The third-order valence-corrected chi connectivity index (χ3v) is 7.51. The van der Waals surface area contributed by atoms with E-state index in [9.17, 15) is 0 Å². The zero-order valence-corrected chi connectivity index (χ0v) is 21.3. The van der Waals surface area contributed by atoms with Crippen molar-refractivity contribution in [3.8, 4) is 11.1 Å². The number of hydrogen-bond acceptors (Lipinski definition) is 7. The van der Waals surface area contributed by atoms with Gasteiger partial charge in [0.05, 0.1) is 11.4 Å². The summed E-state index contributed by atoms with van der Waals surface area (Å²) in [6, 6.07) is 18.6. The summed E-state index contributed by atoms with van der Waals surface area (Å²) in [5, 5.41) is 17.4. The minimum absolute atomic E-state index is 0.165. The first-order valence-corrected chi connectivity index (χ1v) is 13.2. The van der Waals surface area contributed by atoms with E-state index in [1.165, 1.54) is 5.56 Å². The van der Waals surface area contributed by atoms with Crippen LogP contribution in [0.4, 0.5) is 5.69 Å². The van der Waals surface area contributed by atoms with E-state index in [1.54, 1.807) is 12.4 Å². The Balaban J connectivity index is 1.19.